The lowest BCUT2D eigenvalue weighted by Crippen LogP contribution is -2.25. The standard InChI is InChI=1S/C30H29F3O4/c1-3-16-36-27-15-12-23(17-26(27)31)37-30(35)22-10-8-21(9-11-22)25-14-13-24(28(32)29(25)33)20-6-4-19(5-7-20)18(2)34/h3-7,12-15,17-18,21-22,34H,1,8-11,16H2,2H3. The molecule has 0 aromatic heterocycles. The number of hydrogen-bond donors (Lipinski definition) is 1. The van der Waals surface area contributed by atoms with Crippen molar-refractivity contribution in [3.63, 3.8) is 0 Å². The first-order valence-electron chi connectivity index (χ1n) is 12.3. The van der Waals surface area contributed by atoms with E-state index in [4.69, 9.17) is 9.47 Å². The third-order valence-electron chi connectivity index (χ3n) is 6.80. The first kappa shape index (κ1) is 26.5. The summed E-state index contributed by atoms with van der Waals surface area (Å²) in [7, 11) is 0. The van der Waals surface area contributed by atoms with Crippen LogP contribution in [0.5, 0.6) is 11.5 Å². The summed E-state index contributed by atoms with van der Waals surface area (Å²) >= 11 is 0. The van der Waals surface area contributed by atoms with E-state index in [0.717, 1.165) is 6.07 Å². The van der Waals surface area contributed by atoms with Gasteiger partial charge in [-0.3, -0.25) is 4.79 Å². The largest absolute Gasteiger partial charge is 0.486 e. The number of carbonyl (C=O) groups excluding carboxylic acids is 1. The summed E-state index contributed by atoms with van der Waals surface area (Å²) in [5.74, 6) is -3.41. The van der Waals surface area contributed by atoms with Crippen LogP contribution >= 0.6 is 0 Å². The molecular weight excluding hydrogens is 481 g/mol. The Morgan fingerprint density at radius 1 is 1.03 bits per heavy atom. The molecule has 1 unspecified atom stereocenters. The average molecular weight is 511 g/mol. The van der Waals surface area contributed by atoms with Gasteiger partial charge in [-0.25, -0.2) is 13.2 Å². The molecule has 0 bridgehead atoms. The summed E-state index contributed by atoms with van der Waals surface area (Å²) < 4.78 is 54.7. The predicted molar refractivity (Wildman–Crippen MR) is 135 cm³/mol. The van der Waals surface area contributed by atoms with Gasteiger partial charge in [-0.1, -0.05) is 49.1 Å². The molecule has 4 rings (SSSR count). The molecule has 4 nitrogen and oxygen atoms in total. The normalized spacial score (nSPS) is 18.2. The van der Waals surface area contributed by atoms with Crippen molar-refractivity contribution < 1.29 is 32.5 Å². The maximum atomic E-state index is 15.1. The first-order valence-corrected chi connectivity index (χ1v) is 12.3. The summed E-state index contributed by atoms with van der Waals surface area (Å²) in [5.41, 5.74) is 1.67. The Bertz CT molecular complexity index is 1260. The fourth-order valence-corrected chi connectivity index (χ4v) is 4.69. The van der Waals surface area contributed by atoms with Crippen LogP contribution in [0.4, 0.5) is 13.2 Å². The van der Waals surface area contributed by atoms with Crippen molar-refractivity contribution in [3.05, 3.63) is 95.8 Å². The molecule has 194 valence electrons. The Morgan fingerprint density at radius 2 is 1.73 bits per heavy atom. The van der Waals surface area contributed by atoms with Crippen LogP contribution in [0.25, 0.3) is 11.1 Å². The minimum atomic E-state index is -0.911. The Hall–Kier alpha value is -3.58. The Labute approximate surface area is 214 Å². The van der Waals surface area contributed by atoms with E-state index in [1.165, 1.54) is 18.2 Å². The van der Waals surface area contributed by atoms with Gasteiger partial charge in [-0.15, -0.1) is 0 Å². The van der Waals surface area contributed by atoms with Crippen molar-refractivity contribution in [2.75, 3.05) is 6.61 Å². The van der Waals surface area contributed by atoms with Crippen molar-refractivity contribution in [1.82, 2.24) is 0 Å². The highest BCUT2D eigenvalue weighted by molar-refractivity contribution is 5.75. The molecule has 0 aliphatic heterocycles. The molecule has 1 aliphatic rings. The molecule has 0 spiro atoms. The molecule has 0 amide bonds. The van der Waals surface area contributed by atoms with E-state index in [-0.39, 0.29) is 29.6 Å². The lowest BCUT2D eigenvalue weighted by molar-refractivity contribution is -0.140. The van der Waals surface area contributed by atoms with E-state index in [2.05, 4.69) is 6.58 Å². The number of aliphatic hydroxyl groups excluding tert-OH is 1. The first-order chi connectivity index (χ1) is 17.8. The van der Waals surface area contributed by atoms with Crippen LogP contribution in [0, 0.1) is 23.4 Å². The number of carbonyl (C=O) groups is 1. The van der Waals surface area contributed by atoms with E-state index in [9.17, 15) is 18.7 Å². The fourth-order valence-electron chi connectivity index (χ4n) is 4.69. The van der Waals surface area contributed by atoms with E-state index < -0.39 is 35.4 Å². The maximum Gasteiger partial charge on any atom is 0.314 e. The Morgan fingerprint density at radius 3 is 2.35 bits per heavy atom. The number of benzene rings is 3. The number of rotatable bonds is 8. The van der Waals surface area contributed by atoms with Gasteiger partial charge in [0.25, 0.3) is 0 Å². The molecular formula is C30H29F3O4. The molecule has 1 saturated carbocycles. The predicted octanol–water partition coefficient (Wildman–Crippen LogP) is 7.27. The Balaban J connectivity index is 1.38. The molecule has 37 heavy (non-hydrogen) atoms. The van der Waals surface area contributed by atoms with Crippen LogP contribution in [0.1, 0.15) is 55.8 Å². The van der Waals surface area contributed by atoms with Crippen molar-refractivity contribution in [2.45, 2.75) is 44.6 Å². The van der Waals surface area contributed by atoms with Crippen molar-refractivity contribution in [3.8, 4) is 22.6 Å². The lowest BCUT2D eigenvalue weighted by Gasteiger charge is -2.28. The van der Waals surface area contributed by atoms with Crippen LogP contribution in [0.2, 0.25) is 0 Å². The number of aliphatic hydroxyl groups is 1. The third kappa shape index (κ3) is 6.05. The smallest absolute Gasteiger partial charge is 0.314 e. The van der Waals surface area contributed by atoms with Gasteiger partial charge in [0.15, 0.2) is 23.2 Å². The highest BCUT2D eigenvalue weighted by Gasteiger charge is 2.31. The minimum Gasteiger partial charge on any atom is -0.486 e. The van der Waals surface area contributed by atoms with Gasteiger partial charge >= 0.3 is 5.97 Å². The second-order valence-electron chi connectivity index (χ2n) is 9.29. The number of hydrogen-bond acceptors (Lipinski definition) is 4. The molecule has 0 heterocycles. The summed E-state index contributed by atoms with van der Waals surface area (Å²) in [5, 5.41) is 9.65. The SMILES string of the molecule is C=CCOc1ccc(OC(=O)C2CCC(c3ccc(-c4ccc(C(C)O)cc4)c(F)c3F)CC2)cc1F. The van der Waals surface area contributed by atoms with E-state index in [1.807, 2.05) is 0 Å². The number of halogens is 3. The van der Waals surface area contributed by atoms with Gasteiger partial charge in [0.05, 0.1) is 12.0 Å². The maximum absolute atomic E-state index is 15.1. The summed E-state index contributed by atoms with van der Waals surface area (Å²) in [6, 6.07) is 13.8. The van der Waals surface area contributed by atoms with Crippen molar-refractivity contribution in [1.29, 1.82) is 0 Å². The second-order valence-corrected chi connectivity index (χ2v) is 9.29. The third-order valence-corrected chi connectivity index (χ3v) is 6.80. The monoisotopic (exact) mass is 510 g/mol. The fraction of sp³-hybridized carbons (Fsp3) is 0.300. The van der Waals surface area contributed by atoms with Crippen LogP contribution < -0.4 is 9.47 Å². The lowest BCUT2D eigenvalue weighted by atomic mass is 9.78. The molecule has 1 atom stereocenters. The summed E-state index contributed by atoms with van der Waals surface area (Å²) in [4.78, 5) is 12.6. The topological polar surface area (TPSA) is 55.8 Å². The van der Waals surface area contributed by atoms with Crippen LogP contribution in [-0.2, 0) is 4.79 Å². The highest BCUT2D eigenvalue weighted by atomic mass is 19.2. The van der Waals surface area contributed by atoms with Gasteiger partial charge in [0, 0.05) is 11.6 Å². The van der Waals surface area contributed by atoms with Gasteiger partial charge in [0.2, 0.25) is 0 Å². The zero-order valence-electron chi connectivity index (χ0n) is 20.6. The van der Waals surface area contributed by atoms with E-state index >= 15 is 4.39 Å². The second kappa shape index (κ2) is 11.6. The molecule has 7 heteroatoms. The average Bonchev–Trinajstić information content (AvgIpc) is 2.90. The number of ether oxygens (including phenoxy) is 2. The zero-order chi connectivity index (χ0) is 26.5. The molecule has 3 aromatic rings. The van der Waals surface area contributed by atoms with E-state index in [0.29, 0.717) is 42.4 Å². The Kier molecular flexibility index (Phi) is 8.34. The van der Waals surface area contributed by atoms with Crippen LogP contribution in [0.3, 0.4) is 0 Å². The molecule has 0 saturated heterocycles. The van der Waals surface area contributed by atoms with Gasteiger partial charge in [0.1, 0.15) is 12.4 Å². The minimum absolute atomic E-state index is 0.0391. The van der Waals surface area contributed by atoms with Gasteiger partial charge < -0.3 is 14.6 Å². The summed E-state index contributed by atoms with van der Waals surface area (Å²) in [6.07, 6.45) is 2.76. The molecule has 0 radical (unpaired) electrons. The molecule has 1 N–H and O–H groups in total. The molecule has 1 aliphatic carbocycles. The highest BCUT2D eigenvalue weighted by Crippen LogP contribution is 2.39. The molecule has 3 aromatic carbocycles. The molecule has 1 fully saturated rings. The van der Waals surface area contributed by atoms with Gasteiger partial charge in [-0.05, 0) is 67.3 Å². The summed E-state index contributed by atoms with van der Waals surface area (Å²) in [6.45, 7) is 5.30. The van der Waals surface area contributed by atoms with E-state index in [1.54, 1.807) is 43.3 Å². The van der Waals surface area contributed by atoms with Crippen molar-refractivity contribution >= 4 is 5.97 Å². The van der Waals surface area contributed by atoms with Crippen molar-refractivity contribution in [2.24, 2.45) is 5.92 Å². The quantitative estimate of drug-likeness (QED) is 0.197. The van der Waals surface area contributed by atoms with Gasteiger partial charge in [-0.2, -0.15) is 0 Å². The zero-order valence-corrected chi connectivity index (χ0v) is 20.6. The number of esters is 1. The van der Waals surface area contributed by atoms with Crippen LogP contribution in [-0.4, -0.2) is 17.7 Å². The van der Waals surface area contributed by atoms with Crippen LogP contribution in [0.15, 0.2) is 67.3 Å².